The van der Waals surface area contributed by atoms with E-state index in [1.54, 1.807) is 23.5 Å². The molecule has 7 heteroatoms. The van der Waals surface area contributed by atoms with Crippen molar-refractivity contribution in [2.45, 2.75) is 45.6 Å². The zero-order chi connectivity index (χ0) is 19.6. The molecule has 3 aromatic rings. The van der Waals surface area contributed by atoms with E-state index in [1.165, 1.54) is 11.3 Å². The van der Waals surface area contributed by atoms with Crippen molar-refractivity contribution in [3.8, 4) is 5.75 Å². The highest BCUT2D eigenvalue weighted by Gasteiger charge is 2.21. The maximum absolute atomic E-state index is 12.1. The van der Waals surface area contributed by atoms with Crippen molar-refractivity contribution < 1.29 is 19.7 Å². The number of ether oxygens (including phenoxy) is 1. The number of phenols is 1. The van der Waals surface area contributed by atoms with Gasteiger partial charge in [0.05, 0.1) is 17.3 Å². The van der Waals surface area contributed by atoms with Crippen molar-refractivity contribution in [3.05, 3.63) is 44.7 Å². The van der Waals surface area contributed by atoms with Crippen LogP contribution in [-0.4, -0.2) is 33.9 Å². The molecule has 3 rings (SSSR count). The van der Waals surface area contributed by atoms with Crippen LogP contribution in [0.5, 0.6) is 5.75 Å². The quantitative estimate of drug-likeness (QED) is 0.576. The van der Waals surface area contributed by atoms with E-state index in [2.05, 4.69) is 18.8 Å². The lowest BCUT2D eigenvalue weighted by molar-refractivity contribution is -0.153. The standard InChI is InChI=1S/C20H23NO4S2/c1-11(2)19-21-12(3)17(27-19)9-16(23)20(24)25-7-6-13-10-26-18-8-14(22)4-5-15(13)18/h4-5,8,10-11,16,22-23H,6-7,9H2,1-3H3. The van der Waals surface area contributed by atoms with Gasteiger partial charge in [0, 0.05) is 28.3 Å². The van der Waals surface area contributed by atoms with Gasteiger partial charge in [-0.05, 0) is 41.5 Å². The Hall–Kier alpha value is -1.96. The number of fused-ring (bicyclic) bond motifs is 1. The number of hydrogen-bond donors (Lipinski definition) is 2. The van der Waals surface area contributed by atoms with Gasteiger partial charge in [-0.2, -0.15) is 0 Å². The van der Waals surface area contributed by atoms with Crippen LogP contribution >= 0.6 is 22.7 Å². The van der Waals surface area contributed by atoms with Gasteiger partial charge in [-0.3, -0.25) is 0 Å². The summed E-state index contributed by atoms with van der Waals surface area (Å²) < 4.78 is 6.26. The molecule has 5 nitrogen and oxygen atoms in total. The number of benzene rings is 1. The van der Waals surface area contributed by atoms with Crippen LogP contribution in [0, 0.1) is 6.92 Å². The number of thiophene rings is 1. The van der Waals surface area contributed by atoms with Crippen LogP contribution < -0.4 is 0 Å². The molecule has 144 valence electrons. The zero-order valence-corrected chi connectivity index (χ0v) is 17.2. The minimum Gasteiger partial charge on any atom is -0.508 e. The molecule has 27 heavy (non-hydrogen) atoms. The molecule has 2 aromatic heterocycles. The number of hydrogen-bond acceptors (Lipinski definition) is 7. The van der Waals surface area contributed by atoms with Gasteiger partial charge in [-0.1, -0.05) is 13.8 Å². The van der Waals surface area contributed by atoms with Gasteiger partial charge in [-0.25, -0.2) is 9.78 Å². The van der Waals surface area contributed by atoms with Crippen LogP contribution in [-0.2, 0) is 22.4 Å². The van der Waals surface area contributed by atoms with Crippen LogP contribution in [0.15, 0.2) is 23.6 Å². The molecule has 0 radical (unpaired) electrons. The number of aromatic nitrogens is 1. The van der Waals surface area contributed by atoms with E-state index in [4.69, 9.17) is 4.74 Å². The first-order valence-corrected chi connectivity index (χ1v) is 10.5. The van der Waals surface area contributed by atoms with E-state index in [9.17, 15) is 15.0 Å². The van der Waals surface area contributed by atoms with E-state index in [0.29, 0.717) is 12.3 Å². The lowest BCUT2D eigenvalue weighted by Crippen LogP contribution is -2.26. The molecular weight excluding hydrogens is 382 g/mol. The number of aliphatic hydroxyl groups excluding tert-OH is 1. The van der Waals surface area contributed by atoms with Crippen LogP contribution in [0.25, 0.3) is 10.1 Å². The van der Waals surface area contributed by atoms with Crippen molar-refractivity contribution >= 4 is 38.7 Å². The van der Waals surface area contributed by atoms with Gasteiger partial charge < -0.3 is 14.9 Å². The van der Waals surface area contributed by atoms with Crippen LogP contribution in [0.2, 0.25) is 0 Å². The number of rotatable bonds is 7. The monoisotopic (exact) mass is 405 g/mol. The van der Waals surface area contributed by atoms with Gasteiger partial charge in [0.25, 0.3) is 0 Å². The molecule has 0 aliphatic heterocycles. The largest absolute Gasteiger partial charge is 0.508 e. The Kier molecular flexibility index (Phi) is 6.14. The number of thiazole rings is 1. The Morgan fingerprint density at radius 1 is 1.33 bits per heavy atom. The summed E-state index contributed by atoms with van der Waals surface area (Å²) in [4.78, 5) is 17.5. The van der Waals surface area contributed by atoms with Crippen molar-refractivity contribution in [2.75, 3.05) is 6.61 Å². The van der Waals surface area contributed by atoms with Gasteiger partial charge in [0.15, 0.2) is 6.10 Å². The molecule has 0 amide bonds. The SMILES string of the molecule is Cc1nc(C(C)C)sc1CC(O)C(=O)OCCc1csc2cc(O)ccc12. The molecule has 0 saturated carbocycles. The lowest BCUT2D eigenvalue weighted by atomic mass is 10.1. The van der Waals surface area contributed by atoms with Crippen molar-refractivity contribution in [2.24, 2.45) is 0 Å². The Morgan fingerprint density at radius 3 is 2.81 bits per heavy atom. The molecule has 1 aromatic carbocycles. The molecule has 1 atom stereocenters. The highest BCUT2D eigenvalue weighted by molar-refractivity contribution is 7.17. The van der Waals surface area contributed by atoms with Gasteiger partial charge >= 0.3 is 5.97 Å². The molecule has 0 saturated heterocycles. The van der Waals surface area contributed by atoms with Gasteiger partial charge in [-0.15, -0.1) is 22.7 Å². The molecule has 0 aliphatic carbocycles. The summed E-state index contributed by atoms with van der Waals surface area (Å²) in [5.41, 5.74) is 1.93. The van der Waals surface area contributed by atoms with Crippen molar-refractivity contribution in [1.29, 1.82) is 0 Å². The lowest BCUT2D eigenvalue weighted by Gasteiger charge is -2.10. The predicted octanol–water partition coefficient (Wildman–Crippen LogP) is 4.18. The van der Waals surface area contributed by atoms with Crippen molar-refractivity contribution in [1.82, 2.24) is 4.98 Å². The van der Waals surface area contributed by atoms with E-state index in [0.717, 1.165) is 31.2 Å². The summed E-state index contributed by atoms with van der Waals surface area (Å²) in [5, 5.41) is 23.8. The average Bonchev–Trinajstić information content (AvgIpc) is 3.18. The number of carbonyl (C=O) groups excluding carboxylic acids is 1. The molecule has 0 aliphatic rings. The molecular formula is C20H23NO4S2. The number of aryl methyl sites for hydroxylation is 1. The zero-order valence-electron chi connectivity index (χ0n) is 15.6. The second kappa shape index (κ2) is 8.37. The second-order valence-corrected chi connectivity index (χ2v) is 8.82. The molecule has 2 N–H and O–H groups in total. The van der Waals surface area contributed by atoms with E-state index < -0.39 is 12.1 Å². The number of nitrogens with zero attached hydrogens (tertiary/aromatic N) is 1. The number of carbonyl (C=O) groups is 1. The summed E-state index contributed by atoms with van der Waals surface area (Å²) >= 11 is 3.09. The fraction of sp³-hybridized carbons (Fsp3) is 0.400. The number of esters is 1. The predicted molar refractivity (Wildman–Crippen MR) is 109 cm³/mol. The fourth-order valence-electron chi connectivity index (χ4n) is 2.77. The smallest absolute Gasteiger partial charge is 0.335 e. The number of phenolic OH excluding ortho intramolecular Hbond substituents is 1. The fourth-order valence-corrected chi connectivity index (χ4v) is 4.90. The van der Waals surface area contributed by atoms with E-state index in [-0.39, 0.29) is 18.8 Å². The molecule has 0 fully saturated rings. The topological polar surface area (TPSA) is 79.7 Å². The molecule has 0 bridgehead atoms. The van der Waals surface area contributed by atoms with E-state index in [1.807, 2.05) is 18.4 Å². The second-order valence-electron chi connectivity index (χ2n) is 6.79. The summed E-state index contributed by atoms with van der Waals surface area (Å²) in [6, 6.07) is 5.24. The Bertz CT molecular complexity index is 945. The van der Waals surface area contributed by atoms with Crippen LogP contribution in [0.4, 0.5) is 0 Å². The third-order valence-electron chi connectivity index (χ3n) is 4.31. The summed E-state index contributed by atoms with van der Waals surface area (Å²) in [7, 11) is 0. The highest BCUT2D eigenvalue weighted by atomic mass is 32.1. The first kappa shape index (κ1) is 19.8. The Morgan fingerprint density at radius 2 is 2.11 bits per heavy atom. The maximum Gasteiger partial charge on any atom is 0.335 e. The normalized spacial score (nSPS) is 12.6. The van der Waals surface area contributed by atoms with Gasteiger partial charge in [0.1, 0.15) is 5.75 Å². The third-order valence-corrected chi connectivity index (χ3v) is 6.78. The average molecular weight is 406 g/mol. The van der Waals surface area contributed by atoms with Crippen molar-refractivity contribution in [3.63, 3.8) is 0 Å². The minimum absolute atomic E-state index is 0.210. The summed E-state index contributed by atoms with van der Waals surface area (Å²) in [6.07, 6.45) is -0.379. The molecule has 2 heterocycles. The Balaban J connectivity index is 1.54. The number of aliphatic hydroxyl groups is 1. The first-order chi connectivity index (χ1) is 12.8. The molecule has 1 unspecified atom stereocenters. The van der Waals surface area contributed by atoms with Crippen LogP contribution in [0.1, 0.15) is 40.9 Å². The number of aromatic hydroxyl groups is 1. The summed E-state index contributed by atoms with van der Waals surface area (Å²) in [5.74, 6) is -0.0376. The highest BCUT2D eigenvalue weighted by Crippen LogP contribution is 2.29. The summed E-state index contributed by atoms with van der Waals surface area (Å²) in [6.45, 7) is 6.25. The Labute approximate surface area is 166 Å². The minimum atomic E-state index is -1.18. The van der Waals surface area contributed by atoms with Crippen LogP contribution in [0.3, 0.4) is 0 Å². The third kappa shape index (κ3) is 4.66. The maximum atomic E-state index is 12.1. The molecule has 0 spiro atoms. The van der Waals surface area contributed by atoms with E-state index >= 15 is 0 Å². The van der Waals surface area contributed by atoms with Gasteiger partial charge in [0.2, 0.25) is 0 Å². The first-order valence-electron chi connectivity index (χ1n) is 8.85.